The molecule has 1 fully saturated rings. The molecule has 1 heterocycles. The van der Waals surface area contributed by atoms with Crippen LogP contribution in [0.3, 0.4) is 0 Å². The van der Waals surface area contributed by atoms with Crippen LogP contribution in [-0.4, -0.2) is 13.1 Å². The summed E-state index contributed by atoms with van der Waals surface area (Å²) in [5, 5.41) is 3.52. The molecule has 0 aliphatic heterocycles. The van der Waals surface area contributed by atoms with Crippen LogP contribution in [0, 0.1) is 18.3 Å². The molecule has 102 valence electrons. The Morgan fingerprint density at radius 2 is 2.11 bits per heavy atom. The molecule has 0 bridgehead atoms. The highest BCUT2D eigenvalue weighted by Gasteiger charge is 2.32. The number of nitrogens with two attached hydrogens (primary N) is 1. The second-order valence-electron chi connectivity index (χ2n) is 6.00. The SMILES string of the molecule is Cc1ccc(CNCC2(CN)CCC(C)CC2)o1. The van der Waals surface area contributed by atoms with Crippen LogP contribution in [0.15, 0.2) is 16.5 Å². The zero-order chi connectivity index (χ0) is 13.0. The van der Waals surface area contributed by atoms with Crippen molar-refractivity contribution < 1.29 is 4.42 Å². The predicted octanol–water partition coefficient (Wildman–Crippen LogP) is 2.83. The van der Waals surface area contributed by atoms with Gasteiger partial charge in [0.25, 0.3) is 0 Å². The fourth-order valence-corrected chi connectivity index (χ4v) is 2.86. The van der Waals surface area contributed by atoms with Gasteiger partial charge < -0.3 is 15.5 Å². The lowest BCUT2D eigenvalue weighted by Crippen LogP contribution is -2.42. The Labute approximate surface area is 110 Å². The molecule has 3 N–H and O–H groups in total. The van der Waals surface area contributed by atoms with Gasteiger partial charge in [0.05, 0.1) is 6.54 Å². The van der Waals surface area contributed by atoms with E-state index in [2.05, 4.69) is 12.2 Å². The van der Waals surface area contributed by atoms with Crippen LogP contribution in [-0.2, 0) is 6.54 Å². The van der Waals surface area contributed by atoms with Gasteiger partial charge in [-0.25, -0.2) is 0 Å². The van der Waals surface area contributed by atoms with Gasteiger partial charge in [-0.3, -0.25) is 0 Å². The van der Waals surface area contributed by atoms with Gasteiger partial charge in [-0.2, -0.15) is 0 Å². The number of aryl methyl sites for hydroxylation is 1. The van der Waals surface area contributed by atoms with Gasteiger partial charge in [0.15, 0.2) is 0 Å². The van der Waals surface area contributed by atoms with E-state index in [1.165, 1.54) is 25.7 Å². The Bertz CT molecular complexity index is 364. The number of furan rings is 1. The molecule has 1 aromatic rings. The second-order valence-corrected chi connectivity index (χ2v) is 6.00. The molecular weight excluding hydrogens is 224 g/mol. The molecule has 2 rings (SSSR count). The Morgan fingerprint density at radius 1 is 1.39 bits per heavy atom. The molecule has 0 saturated heterocycles. The van der Waals surface area contributed by atoms with E-state index in [0.29, 0.717) is 5.41 Å². The van der Waals surface area contributed by atoms with Crippen molar-refractivity contribution in [3.05, 3.63) is 23.7 Å². The van der Waals surface area contributed by atoms with Gasteiger partial charge in [-0.05, 0) is 49.8 Å². The lowest BCUT2D eigenvalue weighted by molar-refractivity contribution is 0.158. The van der Waals surface area contributed by atoms with Crippen LogP contribution in [0.25, 0.3) is 0 Å². The van der Waals surface area contributed by atoms with Crippen molar-refractivity contribution in [2.75, 3.05) is 13.1 Å². The summed E-state index contributed by atoms with van der Waals surface area (Å²) in [5.74, 6) is 2.87. The first-order valence-electron chi connectivity index (χ1n) is 7.10. The standard InChI is InChI=1S/C15H26N2O/c1-12-5-7-15(10-16,8-6-12)11-17-9-14-4-3-13(2)18-14/h3-4,12,17H,5-11,16H2,1-2H3. The predicted molar refractivity (Wildman–Crippen MR) is 74.3 cm³/mol. The molecule has 3 nitrogen and oxygen atoms in total. The van der Waals surface area contributed by atoms with Gasteiger partial charge in [0.1, 0.15) is 11.5 Å². The Kier molecular flexibility index (Phi) is 4.46. The van der Waals surface area contributed by atoms with Crippen LogP contribution < -0.4 is 11.1 Å². The van der Waals surface area contributed by atoms with Crippen molar-refractivity contribution in [3.63, 3.8) is 0 Å². The van der Waals surface area contributed by atoms with Gasteiger partial charge in [-0.15, -0.1) is 0 Å². The molecule has 0 aromatic carbocycles. The highest BCUT2D eigenvalue weighted by Crippen LogP contribution is 2.37. The average molecular weight is 250 g/mol. The smallest absolute Gasteiger partial charge is 0.117 e. The zero-order valence-corrected chi connectivity index (χ0v) is 11.7. The third-order valence-corrected chi connectivity index (χ3v) is 4.36. The minimum absolute atomic E-state index is 0.314. The summed E-state index contributed by atoms with van der Waals surface area (Å²) < 4.78 is 5.56. The molecular formula is C15H26N2O. The van der Waals surface area contributed by atoms with Crippen molar-refractivity contribution in [2.24, 2.45) is 17.1 Å². The van der Waals surface area contributed by atoms with Crippen LogP contribution in [0.5, 0.6) is 0 Å². The van der Waals surface area contributed by atoms with Crippen molar-refractivity contribution in [1.29, 1.82) is 0 Å². The van der Waals surface area contributed by atoms with Crippen LogP contribution in [0.4, 0.5) is 0 Å². The van der Waals surface area contributed by atoms with Gasteiger partial charge in [0.2, 0.25) is 0 Å². The van der Waals surface area contributed by atoms with Gasteiger partial charge in [0, 0.05) is 6.54 Å². The first-order valence-corrected chi connectivity index (χ1v) is 7.10. The molecule has 0 unspecified atom stereocenters. The van der Waals surface area contributed by atoms with E-state index >= 15 is 0 Å². The van der Waals surface area contributed by atoms with Crippen molar-refractivity contribution in [2.45, 2.75) is 46.1 Å². The largest absolute Gasteiger partial charge is 0.465 e. The lowest BCUT2D eigenvalue weighted by Gasteiger charge is -2.38. The summed E-state index contributed by atoms with van der Waals surface area (Å²) in [6.45, 7) is 6.94. The third kappa shape index (κ3) is 3.36. The van der Waals surface area contributed by atoms with E-state index in [-0.39, 0.29) is 0 Å². The molecule has 0 radical (unpaired) electrons. The topological polar surface area (TPSA) is 51.2 Å². The lowest BCUT2D eigenvalue weighted by atomic mass is 9.71. The normalized spacial score (nSPS) is 28.5. The van der Waals surface area contributed by atoms with Crippen molar-refractivity contribution in [3.8, 4) is 0 Å². The number of nitrogens with one attached hydrogen (secondary N) is 1. The maximum atomic E-state index is 6.00. The first kappa shape index (κ1) is 13.6. The van der Waals surface area contributed by atoms with E-state index in [4.69, 9.17) is 10.2 Å². The van der Waals surface area contributed by atoms with E-state index in [0.717, 1.165) is 37.1 Å². The van der Waals surface area contributed by atoms with Crippen LogP contribution >= 0.6 is 0 Å². The zero-order valence-electron chi connectivity index (χ0n) is 11.7. The van der Waals surface area contributed by atoms with Gasteiger partial charge >= 0.3 is 0 Å². The van der Waals surface area contributed by atoms with Crippen molar-refractivity contribution in [1.82, 2.24) is 5.32 Å². The Balaban J connectivity index is 1.80. The Morgan fingerprint density at radius 3 is 2.67 bits per heavy atom. The summed E-state index contributed by atoms with van der Waals surface area (Å²) >= 11 is 0. The summed E-state index contributed by atoms with van der Waals surface area (Å²) in [4.78, 5) is 0. The minimum Gasteiger partial charge on any atom is -0.465 e. The van der Waals surface area contributed by atoms with E-state index < -0.39 is 0 Å². The van der Waals surface area contributed by atoms with Crippen molar-refractivity contribution >= 4 is 0 Å². The Hall–Kier alpha value is -0.800. The van der Waals surface area contributed by atoms with Crippen LogP contribution in [0.2, 0.25) is 0 Å². The monoisotopic (exact) mass is 250 g/mol. The molecule has 3 heteroatoms. The second kappa shape index (κ2) is 5.89. The molecule has 0 amide bonds. The maximum absolute atomic E-state index is 6.00. The molecule has 1 aliphatic carbocycles. The molecule has 0 atom stereocenters. The first-order chi connectivity index (χ1) is 8.63. The summed E-state index contributed by atoms with van der Waals surface area (Å²) in [6.07, 6.45) is 5.15. The van der Waals surface area contributed by atoms with Crippen LogP contribution in [0.1, 0.15) is 44.1 Å². The maximum Gasteiger partial charge on any atom is 0.117 e. The minimum atomic E-state index is 0.314. The number of hydrogen-bond donors (Lipinski definition) is 2. The molecule has 0 spiro atoms. The third-order valence-electron chi connectivity index (χ3n) is 4.36. The molecule has 18 heavy (non-hydrogen) atoms. The van der Waals surface area contributed by atoms with E-state index in [1.807, 2.05) is 19.1 Å². The van der Waals surface area contributed by atoms with Gasteiger partial charge in [-0.1, -0.05) is 19.8 Å². The summed E-state index contributed by atoms with van der Waals surface area (Å²) in [6, 6.07) is 4.05. The summed E-state index contributed by atoms with van der Waals surface area (Å²) in [5.41, 5.74) is 6.32. The highest BCUT2D eigenvalue weighted by atomic mass is 16.3. The molecule has 1 saturated carbocycles. The molecule has 1 aromatic heterocycles. The highest BCUT2D eigenvalue weighted by molar-refractivity contribution is 5.05. The number of hydrogen-bond acceptors (Lipinski definition) is 3. The fourth-order valence-electron chi connectivity index (χ4n) is 2.86. The van der Waals surface area contributed by atoms with E-state index in [1.54, 1.807) is 0 Å². The average Bonchev–Trinajstić information content (AvgIpc) is 2.78. The fraction of sp³-hybridized carbons (Fsp3) is 0.733. The molecule has 1 aliphatic rings. The van der Waals surface area contributed by atoms with E-state index in [9.17, 15) is 0 Å². The quantitative estimate of drug-likeness (QED) is 0.845. The number of rotatable bonds is 5. The summed E-state index contributed by atoms with van der Waals surface area (Å²) in [7, 11) is 0.